The lowest BCUT2D eigenvalue weighted by molar-refractivity contribution is 0.116. The van der Waals surface area contributed by atoms with Crippen molar-refractivity contribution in [2.24, 2.45) is 10.8 Å². The van der Waals surface area contributed by atoms with Crippen molar-refractivity contribution in [3.8, 4) is 0 Å². The number of aliphatic hydroxyl groups excluding tert-OH is 2. The molecule has 0 radical (unpaired) electrons. The maximum atomic E-state index is 10.1. The highest BCUT2D eigenvalue weighted by Crippen LogP contribution is 2.42. The maximum Gasteiger partial charge on any atom is 0.0585 e. The first-order valence-corrected chi connectivity index (χ1v) is 16.1. The van der Waals surface area contributed by atoms with Gasteiger partial charge in [-0.05, 0) is 115 Å². The van der Waals surface area contributed by atoms with E-state index in [9.17, 15) is 10.2 Å². The summed E-state index contributed by atoms with van der Waals surface area (Å²) < 4.78 is 0. The molecule has 0 bridgehead atoms. The highest BCUT2D eigenvalue weighted by atomic mass is 16.3. The van der Waals surface area contributed by atoms with E-state index in [-0.39, 0.29) is 23.0 Å². The highest BCUT2D eigenvalue weighted by Gasteiger charge is 2.32. The van der Waals surface area contributed by atoms with Gasteiger partial charge in [0, 0.05) is 0 Å². The van der Waals surface area contributed by atoms with Gasteiger partial charge in [0.1, 0.15) is 0 Å². The normalized spacial score (nSPS) is 24.7. The van der Waals surface area contributed by atoms with Crippen LogP contribution in [0.2, 0.25) is 0 Å². The van der Waals surface area contributed by atoms with Gasteiger partial charge < -0.3 is 10.2 Å². The molecule has 2 nitrogen and oxygen atoms in total. The van der Waals surface area contributed by atoms with Gasteiger partial charge in [-0.15, -0.1) is 0 Å². The van der Waals surface area contributed by atoms with Crippen LogP contribution >= 0.6 is 0 Å². The summed E-state index contributed by atoms with van der Waals surface area (Å²) in [6, 6.07) is 0. The minimum Gasteiger partial charge on any atom is -0.393 e. The molecule has 0 aromatic heterocycles. The van der Waals surface area contributed by atoms with Crippen LogP contribution in [0.15, 0.2) is 105 Å². The first-order valence-electron chi connectivity index (χ1n) is 16.1. The van der Waals surface area contributed by atoms with Crippen molar-refractivity contribution in [1.82, 2.24) is 0 Å². The van der Waals surface area contributed by atoms with E-state index in [1.54, 1.807) is 0 Å². The van der Waals surface area contributed by atoms with Crippen molar-refractivity contribution < 1.29 is 10.2 Å². The average Bonchev–Trinajstić information content (AvgIpc) is 2.84. The number of unbranched alkanes of at least 4 members (excludes halogenated alkanes) is 1. The molecular formula is C40H60O2. The van der Waals surface area contributed by atoms with Crippen LogP contribution in [0.4, 0.5) is 0 Å². The fraction of sp³-hybridized carbons (Fsp3) is 0.550. The second-order valence-corrected chi connectivity index (χ2v) is 14.3. The molecule has 0 saturated heterocycles. The lowest BCUT2D eigenvalue weighted by atomic mass is 9.71. The van der Waals surface area contributed by atoms with Crippen LogP contribution in [0.25, 0.3) is 0 Å². The molecule has 2 heteroatoms. The van der Waals surface area contributed by atoms with E-state index < -0.39 is 0 Å². The minimum absolute atomic E-state index is 0.0172. The molecular weight excluding hydrogens is 512 g/mol. The summed E-state index contributed by atoms with van der Waals surface area (Å²) in [6.45, 7) is 22.0. The van der Waals surface area contributed by atoms with E-state index in [0.29, 0.717) is 0 Å². The molecule has 42 heavy (non-hydrogen) atoms. The minimum atomic E-state index is -0.218. The predicted molar refractivity (Wildman–Crippen MR) is 184 cm³/mol. The third-order valence-corrected chi connectivity index (χ3v) is 8.83. The monoisotopic (exact) mass is 572 g/mol. The Balaban J connectivity index is 1.79. The molecule has 0 heterocycles. The quantitative estimate of drug-likeness (QED) is 0.139. The van der Waals surface area contributed by atoms with E-state index in [1.165, 1.54) is 44.6 Å². The van der Waals surface area contributed by atoms with Gasteiger partial charge in [-0.25, -0.2) is 0 Å². The number of hydrogen-bond donors (Lipinski definition) is 2. The molecule has 2 aliphatic carbocycles. The SMILES string of the molecule is CC1=C(/C=C/C(C)=C\C=C\C(C)=C\CC/C=C(\C)CC/C=C(C)/C=C/C2=C(C)C[C@H](O)CC2(C)C)C(C)(C)C[C@@H](O)C1. The smallest absolute Gasteiger partial charge is 0.0585 e. The number of allylic oxidation sites excluding steroid dienone is 16. The summed E-state index contributed by atoms with van der Waals surface area (Å²) in [5.74, 6) is 0. The van der Waals surface area contributed by atoms with Gasteiger partial charge in [-0.2, -0.15) is 0 Å². The Bertz CT molecular complexity index is 1200. The molecule has 0 fully saturated rings. The Morgan fingerprint density at radius 2 is 1.12 bits per heavy atom. The van der Waals surface area contributed by atoms with Crippen LogP contribution < -0.4 is 0 Å². The molecule has 2 atom stereocenters. The molecule has 0 aromatic rings. The van der Waals surface area contributed by atoms with E-state index in [1.807, 2.05) is 0 Å². The van der Waals surface area contributed by atoms with Gasteiger partial charge in [-0.3, -0.25) is 0 Å². The molecule has 0 aromatic carbocycles. The summed E-state index contributed by atoms with van der Waals surface area (Å²) in [5.41, 5.74) is 10.7. The van der Waals surface area contributed by atoms with Gasteiger partial charge in [0.05, 0.1) is 12.2 Å². The number of hydrogen-bond acceptors (Lipinski definition) is 2. The van der Waals surface area contributed by atoms with Gasteiger partial charge in [0.15, 0.2) is 0 Å². The van der Waals surface area contributed by atoms with Gasteiger partial charge in [0.25, 0.3) is 0 Å². The average molecular weight is 573 g/mol. The van der Waals surface area contributed by atoms with E-state index in [0.717, 1.165) is 51.4 Å². The second-order valence-electron chi connectivity index (χ2n) is 14.3. The van der Waals surface area contributed by atoms with E-state index in [4.69, 9.17) is 0 Å². The zero-order chi connectivity index (χ0) is 31.5. The summed E-state index contributed by atoms with van der Waals surface area (Å²) in [6.07, 6.45) is 29.6. The number of rotatable bonds is 12. The zero-order valence-corrected chi connectivity index (χ0v) is 28.5. The second kappa shape index (κ2) is 16.4. The third kappa shape index (κ3) is 12.1. The third-order valence-electron chi connectivity index (χ3n) is 8.83. The Morgan fingerprint density at radius 3 is 1.64 bits per heavy atom. The lowest BCUT2D eigenvalue weighted by Gasteiger charge is -2.35. The van der Waals surface area contributed by atoms with Gasteiger partial charge >= 0.3 is 0 Å². The molecule has 232 valence electrons. The van der Waals surface area contributed by atoms with E-state index >= 15 is 0 Å². The number of aliphatic hydroxyl groups is 2. The first kappa shape index (κ1) is 35.8. The zero-order valence-electron chi connectivity index (χ0n) is 28.5. The molecule has 0 saturated carbocycles. The van der Waals surface area contributed by atoms with Gasteiger partial charge in [-0.1, -0.05) is 122 Å². The highest BCUT2D eigenvalue weighted by molar-refractivity contribution is 5.38. The molecule has 2 N–H and O–H groups in total. The van der Waals surface area contributed by atoms with Crippen LogP contribution in [0, 0.1) is 10.8 Å². The topological polar surface area (TPSA) is 40.5 Å². The Labute approximate surface area is 258 Å². The largest absolute Gasteiger partial charge is 0.393 e. The molecule has 2 rings (SSSR count). The Morgan fingerprint density at radius 1 is 0.667 bits per heavy atom. The predicted octanol–water partition coefficient (Wildman–Crippen LogP) is 11.0. The fourth-order valence-corrected chi connectivity index (χ4v) is 6.60. The van der Waals surface area contributed by atoms with Crippen LogP contribution in [-0.2, 0) is 0 Å². The fourth-order valence-electron chi connectivity index (χ4n) is 6.60. The Hall–Kier alpha value is -2.42. The van der Waals surface area contributed by atoms with Crippen molar-refractivity contribution >= 4 is 0 Å². The first-order chi connectivity index (χ1) is 19.6. The van der Waals surface area contributed by atoms with Crippen LogP contribution in [-0.4, -0.2) is 22.4 Å². The lowest BCUT2D eigenvalue weighted by Crippen LogP contribution is -2.28. The van der Waals surface area contributed by atoms with Crippen LogP contribution in [0.3, 0.4) is 0 Å². The molecule has 2 aliphatic rings. The molecule has 0 unspecified atom stereocenters. The van der Waals surface area contributed by atoms with Crippen molar-refractivity contribution in [2.45, 2.75) is 133 Å². The van der Waals surface area contributed by atoms with E-state index in [2.05, 4.69) is 130 Å². The Kier molecular flexibility index (Phi) is 14.0. The molecule has 0 amide bonds. The molecule has 0 aliphatic heterocycles. The maximum absolute atomic E-state index is 10.1. The van der Waals surface area contributed by atoms with Crippen molar-refractivity contribution in [2.75, 3.05) is 0 Å². The summed E-state index contributed by atoms with van der Waals surface area (Å²) in [7, 11) is 0. The summed E-state index contributed by atoms with van der Waals surface area (Å²) in [5, 5.41) is 20.2. The van der Waals surface area contributed by atoms with Crippen LogP contribution in [0.1, 0.15) is 121 Å². The van der Waals surface area contributed by atoms with Crippen molar-refractivity contribution in [1.29, 1.82) is 0 Å². The molecule has 0 spiro atoms. The van der Waals surface area contributed by atoms with Gasteiger partial charge in [0.2, 0.25) is 0 Å². The van der Waals surface area contributed by atoms with Crippen LogP contribution in [0.5, 0.6) is 0 Å². The van der Waals surface area contributed by atoms with Crippen molar-refractivity contribution in [3.05, 3.63) is 105 Å². The standard InChI is InChI=1S/C40H60O2/c1-29(17-13-19-31(3)21-23-37-33(5)25-35(41)27-39(37,7)8)15-11-12-16-30(2)18-14-20-32(4)22-24-38-34(6)26-36(42)28-40(38,9)10/h13,15-17,19-24,35-36,41-42H,11-12,14,18,25-28H2,1-10H3/b17-13+,23-21+,24-22+,29-15+,30-16+,31-19-,32-20+/t35-,36-/m0/s1. The summed E-state index contributed by atoms with van der Waals surface area (Å²) in [4.78, 5) is 0. The summed E-state index contributed by atoms with van der Waals surface area (Å²) >= 11 is 0. The van der Waals surface area contributed by atoms with Crippen molar-refractivity contribution in [3.63, 3.8) is 0 Å².